The van der Waals surface area contributed by atoms with Gasteiger partial charge in [0.15, 0.2) is 0 Å². The lowest BCUT2D eigenvalue weighted by molar-refractivity contribution is 0.0394. The van der Waals surface area contributed by atoms with Crippen molar-refractivity contribution in [3.05, 3.63) is 53.7 Å². The van der Waals surface area contributed by atoms with Crippen LogP contribution in [0.1, 0.15) is 17.4 Å². The average molecular weight is 303 g/mol. The molecule has 1 saturated heterocycles. The van der Waals surface area contributed by atoms with Gasteiger partial charge in [0.2, 0.25) is 0 Å². The lowest BCUT2D eigenvalue weighted by Gasteiger charge is -2.34. The molecule has 0 radical (unpaired) electrons. The molecule has 1 aromatic heterocycles. The van der Waals surface area contributed by atoms with Gasteiger partial charge in [0.05, 0.1) is 18.9 Å². The van der Waals surface area contributed by atoms with Crippen LogP contribution in [0.3, 0.4) is 0 Å². The number of morpholine rings is 1. The summed E-state index contributed by atoms with van der Waals surface area (Å²) < 4.78 is 23.9. The number of methoxy groups -OCH3 is 1. The van der Waals surface area contributed by atoms with Gasteiger partial charge in [-0.25, -0.2) is 14.4 Å². The summed E-state index contributed by atoms with van der Waals surface area (Å²) in [6.07, 6.45) is 1.46. The van der Waals surface area contributed by atoms with Crippen molar-refractivity contribution in [3.8, 4) is 0 Å². The number of nitrogens with zero attached hydrogens (tertiary/aromatic N) is 3. The van der Waals surface area contributed by atoms with E-state index < -0.39 is 0 Å². The maximum Gasteiger partial charge on any atom is 0.132 e. The van der Waals surface area contributed by atoms with Crippen LogP contribution in [0.25, 0.3) is 0 Å². The highest BCUT2D eigenvalue weighted by Crippen LogP contribution is 2.25. The minimum atomic E-state index is -0.239. The van der Waals surface area contributed by atoms with Gasteiger partial charge in [-0.15, -0.1) is 0 Å². The standard InChI is InChI=1S/C16H18FN3O2/c1-21-10-14-8-16(19-11-18-14)20-6-7-22-15(9-20)12-2-4-13(17)5-3-12/h2-5,8,11,15H,6-7,9-10H2,1H3/t15-/m1/s1. The first kappa shape index (κ1) is 14.9. The van der Waals surface area contributed by atoms with E-state index in [1.807, 2.05) is 6.07 Å². The Kier molecular flexibility index (Phi) is 4.60. The molecule has 116 valence electrons. The molecule has 0 spiro atoms. The summed E-state index contributed by atoms with van der Waals surface area (Å²) in [5, 5.41) is 0. The molecule has 1 aromatic carbocycles. The van der Waals surface area contributed by atoms with E-state index >= 15 is 0 Å². The van der Waals surface area contributed by atoms with Crippen molar-refractivity contribution >= 4 is 5.82 Å². The third kappa shape index (κ3) is 3.40. The molecular weight excluding hydrogens is 285 g/mol. The lowest BCUT2D eigenvalue weighted by atomic mass is 10.1. The van der Waals surface area contributed by atoms with Crippen LogP contribution in [0.2, 0.25) is 0 Å². The van der Waals surface area contributed by atoms with E-state index in [2.05, 4.69) is 14.9 Å². The Bertz CT molecular complexity index is 621. The lowest BCUT2D eigenvalue weighted by Crippen LogP contribution is -2.39. The molecule has 1 fully saturated rings. The third-order valence-electron chi connectivity index (χ3n) is 3.63. The van der Waals surface area contributed by atoms with E-state index in [1.54, 1.807) is 25.6 Å². The molecule has 22 heavy (non-hydrogen) atoms. The first-order chi connectivity index (χ1) is 10.8. The van der Waals surface area contributed by atoms with Crippen LogP contribution in [0.15, 0.2) is 36.7 Å². The minimum Gasteiger partial charge on any atom is -0.378 e. The fourth-order valence-corrected chi connectivity index (χ4v) is 2.52. The van der Waals surface area contributed by atoms with Crippen LogP contribution in [0, 0.1) is 5.82 Å². The van der Waals surface area contributed by atoms with Gasteiger partial charge < -0.3 is 14.4 Å². The number of benzene rings is 1. The summed E-state index contributed by atoms with van der Waals surface area (Å²) in [6, 6.07) is 8.37. The zero-order chi connectivity index (χ0) is 15.4. The zero-order valence-corrected chi connectivity index (χ0v) is 12.4. The van der Waals surface area contributed by atoms with Gasteiger partial charge in [0.1, 0.15) is 24.1 Å². The Labute approximate surface area is 128 Å². The van der Waals surface area contributed by atoms with Crippen molar-refractivity contribution in [2.45, 2.75) is 12.7 Å². The Hall–Kier alpha value is -2.05. The number of hydrogen-bond donors (Lipinski definition) is 0. The van der Waals surface area contributed by atoms with E-state index in [-0.39, 0.29) is 11.9 Å². The molecule has 0 N–H and O–H groups in total. The predicted molar refractivity (Wildman–Crippen MR) is 80.1 cm³/mol. The topological polar surface area (TPSA) is 47.5 Å². The monoisotopic (exact) mass is 303 g/mol. The average Bonchev–Trinajstić information content (AvgIpc) is 2.56. The predicted octanol–water partition coefficient (Wildman–Crippen LogP) is 2.34. The normalized spacial score (nSPS) is 18.5. The third-order valence-corrected chi connectivity index (χ3v) is 3.63. The molecule has 2 heterocycles. The van der Waals surface area contributed by atoms with Gasteiger partial charge in [-0.3, -0.25) is 0 Å². The molecule has 0 unspecified atom stereocenters. The molecule has 1 aliphatic rings. The van der Waals surface area contributed by atoms with Gasteiger partial charge in [0, 0.05) is 26.3 Å². The van der Waals surface area contributed by atoms with Gasteiger partial charge in [-0.1, -0.05) is 12.1 Å². The Morgan fingerprint density at radius 3 is 2.91 bits per heavy atom. The molecule has 2 aromatic rings. The van der Waals surface area contributed by atoms with Crippen LogP contribution < -0.4 is 4.90 Å². The van der Waals surface area contributed by atoms with Crippen molar-refractivity contribution in [2.24, 2.45) is 0 Å². The van der Waals surface area contributed by atoms with Crippen LogP contribution in [-0.2, 0) is 16.1 Å². The molecule has 1 aliphatic heterocycles. The maximum absolute atomic E-state index is 13.0. The molecule has 5 nitrogen and oxygen atoms in total. The smallest absolute Gasteiger partial charge is 0.132 e. The highest BCUT2D eigenvalue weighted by molar-refractivity contribution is 5.40. The summed E-state index contributed by atoms with van der Waals surface area (Å²) in [5.41, 5.74) is 1.81. The minimum absolute atomic E-state index is 0.0878. The van der Waals surface area contributed by atoms with E-state index in [4.69, 9.17) is 9.47 Å². The first-order valence-electron chi connectivity index (χ1n) is 7.18. The van der Waals surface area contributed by atoms with E-state index in [1.165, 1.54) is 12.1 Å². The molecule has 0 amide bonds. The highest BCUT2D eigenvalue weighted by atomic mass is 19.1. The van der Waals surface area contributed by atoms with Crippen molar-refractivity contribution in [1.82, 2.24) is 9.97 Å². The Balaban J connectivity index is 1.75. The van der Waals surface area contributed by atoms with Gasteiger partial charge in [-0.05, 0) is 17.7 Å². The zero-order valence-electron chi connectivity index (χ0n) is 12.4. The molecular formula is C16H18FN3O2. The summed E-state index contributed by atoms with van der Waals surface area (Å²) in [6.45, 7) is 2.50. The molecule has 0 bridgehead atoms. The summed E-state index contributed by atoms with van der Waals surface area (Å²) in [4.78, 5) is 10.7. The van der Waals surface area contributed by atoms with Crippen LogP contribution >= 0.6 is 0 Å². The quantitative estimate of drug-likeness (QED) is 0.867. The number of rotatable bonds is 4. The number of ether oxygens (including phenoxy) is 2. The van der Waals surface area contributed by atoms with Crippen molar-refractivity contribution in [3.63, 3.8) is 0 Å². The van der Waals surface area contributed by atoms with Gasteiger partial charge in [0.25, 0.3) is 0 Å². The largest absolute Gasteiger partial charge is 0.378 e. The second kappa shape index (κ2) is 6.81. The Morgan fingerprint density at radius 2 is 2.14 bits per heavy atom. The van der Waals surface area contributed by atoms with Crippen LogP contribution in [-0.4, -0.2) is 36.8 Å². The first-order valence-corrected chi connectivity index (χ1v) is 7.18. The molecule has 0 aliphatic carbocycles. The summed E-state index contributed by atoms with van der Waals surface area (Å²) >= 11 is 0. The molecule has 6 heteroatoms. The molecule has 0 saturated carbocycles. The van der Waals surface area contributed by atoms with Crippen LogP contribution in [0.5, 0.6) is 0 Å². The molecule has 1 atom stereocenters. The number of hydrogen-bond acceptors (Lipinski definition) is 5. The number of aromatic nitrogens is 2. The highest BCUT2D eigenvalue weighted by Gasteiger charge is 2.23. The van der Waals surface area contributed by atoms with E-state index in [0.29, 0.717) is 19.8 Å². The van der Waals surface area contributed by atoms with Crippen molar-refractivity contribution in [2.75, 3.05) is 31.7 Å². The SMILES string of the molecule is COCc1cc(N2CCO[C@@H](c3ccc(F)cc3)C2)ncn1. The van der Waals surface area contributed by atoms with E-state index in [0.717, 1.165) is 23.6 Å². The summed E-state index contributed by atoms with van der Waals surface area (Å²) in [5.74, 6) is 0.619. The number of anilines is 1. The Morgan fingerprint density at radius 1 is 1.32 bits per heavy atom. The van der Waals surface area contributed by atoms with E-state index in [9.17, 15) is 4.39 Å². The molecule has 3 rings (SSSR count). The van der Waals surface area contributed by atoms with Crippen molar-refractivity contribution in [1.29, 1.82) is 0 Å². The van der Waals surface area contributed by atoms with Gasteiger partial charge in [-0.2, -0.15) is 0 Å². The second-order valence-corrected chi connectivity index (χ2v) is 5.16. The second-order valence-electron chi connectivity index (χ2n) is 5.16. The fraction of sp³-hybridized carbons (Fsp3) is 0.375. The van der Waals surface area contributed by atoms with Gasteiger partial charge >= 0.3 is 0 Å². The van der Waals surface area contributed by atoms with Crippen LogP contribution in [0.4, 0.5) is 10.2 Å². The fourth-order valence-electron chi connectivity index (χ4n) is 2.52. The van der Waals surface area contributed by atoms with Crippen molar-refractivity contribution < 1.29 is 13.9 Å². The maximum atomic E-state index is 13.0. The summed E-state index contributed by atoms with van der Waals surface area (Å²) in [7, 11) is 1.64. The number of halogens is 1.